The second-order valence-corrected chi connectivity index (χ2v) is 6.62. The lowest BCUT2D eigenvalue weighted by atomic mass is 10.3. The van der Waals surface area contributed by atoms with Gasteiger partial charge in [-0.1, -0.05) is 6.92 Å². The third kappa shape index (κ3) is 7.12. The van der Waals surface area contributed by atoms with E-state index < -0.39 is 8.80 Å². The van der Waals surface area contributed by atoms with Gasteiger partial charge in [-0.15, -0.1) is 0 Å². The summed E-state index contributed by atoms with van der Waals surface area (Å²) in [6.45, 7) is 10.1. The second kappa shape index (κ2) is 9.99. The van der Waals surface area contributed by atoms with Crippen LogP contribution in [0.25, 0.3) is 0 Å². The van der Waals surface area contributed by atoms with Crippen LogP contribution in [0.4, 0.5) is 0 Å². The maximum absolute atomic E-state index is 6.04. The Morgan fingerprint density at radius 2 is 1.76 bits per heavy atom. The molecule has 5 nitrogen and oxygen atoms in total. The first-order valence-electron chi connectivity index (χ1n) is 6.53. The van der Waals surface area contributed by atoms with Crippen molar-refractivity contribution in [1.29, 1.82) is 0 Å². The molecule has 0 amide bonds. The second-order valence-electron chi connectivity index (χ2n) is 3.94. The molecule has 0 saturated carbocycles. The van der Waals surface area contributed by atoms with Crippen molar-refractivity contribution in [3.05, 3.63) is 0 Å². The zero-order chi connectivity index (χ0) is 13.1. The van der Waals surface area contributed by atoms with Crippen molar-refractivity contribution < 1.29 is 13.3 Å². The highest BCUT2D eigenvalue weighted by Gasteiger charge is 2.41. The SMILES string of the molecule is CCO[Si](CCCNN)(OCC)OC(C)CC. The van der Waals surface area contributed by atoms with Gasteiger partial charge in [-0.25, -0.2) is 0 Å². The van der Waals surface area contributed by atoms with Gasteiger partial charge in [-0.3, -0.25) is 11.3 Å². The number of rotatable bonds is 11. The van der Waals surface area contributed by atoms with Gasteiger partial charge in [0.25, 0.3) is 0 Å². The molecular weight excluding hydrogens is 236 g/mol. The molecule has 0 aliphatic carbocycles. The molecule has 17 heavy (non-hydrogen) atoms. The van der Waals surface area contributed by atoms with E-state index in [1.54, 1.807) is 0 Å². The number of hydrazine groups is 1. The van der Waals surface area contributed by atoms with Crippen molar-refractivity contribution >= 4 is 8.80 Å². The van der Waals surface area contributed by atoms with Crippen molar-refractivity contribution in [1.82, 2.24) is 5.43 Å². The Bertz CT molecular complexity index is 178. The number of nitrogens with one attached hydrogen (secondary N) is 1. The molecular formula is C11H28N2O3Si. The van der Waals surface area contributed by atoms with E-state index in [1.807, 2.05) is 13.8 Å². The molecule has 6 heteroatoms. The highest BCUT2D eigenvalue weighted by Crippen LogP contribution is 2.20. The minimum atomic E-state index is -2.51. The van der Waals surface area contributed by atoms with Crippen LogP contribution in [0.3, 0.4) is 0 Å². The van der Waals surface area contributed by atoms with E-state index in [9.17, 15) is 0 Å². The van der Waals surface area contributed by atoms with Crippen molar-refractivity contribution in [2.24, 2.45) is 5.84 Å². The summed E-state index contributed by atoms with van der Waals surface area (Å²) in [5, 5.41) is 0. The van der Waals surface area contributed by atoms with Crippen molar-refractivity contribution in [2.75, 3.05) is 19.8 Å². The molecule has 0 aromatic heterocycles. The van der Waals surface area contributed by atoms with Crippen LogP contribution >= 0.6 is 0 Å². The molecule has 1 unspecified atom stereocenters. The predicted octanol–water partition coefficient (Wildman–Crippen LogP) is 1.67. The van der Waals surface area contributed by atoms with Crippen LogP contribution in [0.15, 0.2) is 0 Å². The molecule has 0 heterocycles. The van der Waals surface area contributed by atoms with Crippen molar-refractivity contribution in [3.63, 3.8) is 0 Å². The lowest BCUT2D eigenvalue weighted by Crippen LogP contribution is -2.48. The predicted molar refractivity (Wildman–Crippen MR) is 71.5 cm³/mol. The Labute approximate surface area is 106 Å². The molecule has 104 valence electrons. The molecule has 0 aromatic rings. The topological polar surface area (TPSA) is 65.7 Å². The molecule has 3 N–H and O–H groups in total. The minimum Gasteiger partial charge on any atom is -0.374 e. The number of hydrogen-bond donors (Lipinski definition) is 2. The van der Waals surface area contributed by atoms with Crippen LogP contribution in [0, 0.1) is 0 Å². The molecule has 0 rings (SSSR count). The first-order chi connectivity index (χ1) is 8.14. The van der Waals surface area contributed by atoms with Crippen LogP contribution in [-0.4, -0.2) is 34.7 Å². The number of nitrogens with two attached hydrogens (primary N) is 1. The highest BCUT2D eigenvalue weighted by molar-refractivity contribution is 6.60. The van der Waals surface area contributed by atoms with E-state index in [0.717, 1.165) is 25.4 Å². The third-order valence-electron chi connectivity index (χ3n) is 2.49. The lowest BCUT2D eigenvalue weighted by molar-refractivity contribution is 0.0368. The Kier molecular flexibility index (Phi) is 10.00. The van der Waals surface area contributed by atoms with Gasteiger partial charge in [-0.2, -0.15) is 0 Å². The molecule has 0 spiro atoms. The van der Waals surface area contributed by atoms with Gasteiger partial charge < -0.3 is 13.3 Å². The van der Waals surface area contributed by atoms with Gasteiger partial charge in [0.15, 0.2) is 0 Å². The van der Waals surface area contributed by atoms with Crippen LogP contribution < -0.4 is 11.3 Å². The molecule has 1 atom stereocenters. The van der Waals surface area contributed by atoms with E-state index in [0.29, 0.717) is 13.2 Å². The van der Waals surface area contributed by atoms with Gasteiger partial charge in [0.1, 0.15) is 0 Å². The fourth-order valence-electron chi connectivity index (χ4n) is 1.55. The molecule has 0 aliphatic rings. The van der Waals surface area contributed by atoms with Gasteiger partial charge in [0.2, 0.25) is 0 Å². The molecule has 0 bridgehead atoms. The van der Waals surface area contributed by atoms with Gasteiger partial charge >= 0.3 is 8.80 Å². The quantitative estimate of drug-likeness (QED) is 0.257. The average molecular weight is 264 g/mol. The van der Waals surface area contributed by atoms with E-state index in [4.69, 9.17) is 19.1 Å². The van der Waals surface area contributed by atoms with Gasteiger partial charge in [-0.05, 0) is 33.6 Å². The van der Waals surface area contributed by atoms with Crippen LogP contribution in [-0.2, 0) is 13.3 Å². The summed E-state index contributed by atoms with van der Waals surface area (Å²) in [6.07, 6.45) is 2.04. The fourth-order valence-corrected chi connectivity index (χ4v) is 4.44. The molecule has 0 aliphatic heterocycles. The zero-order valence-corrected chi connectivity index (χ0v) is 12.6. The third-order valence-corrected chi connectivity index (χ3v) is 5.67. The van der Waals surface area contributed by atoms with Crippen molar-refractivity contribution in [2.45, 2.75) is 52.7 Å². The molecule has 0 aromatic carbocycles. The Morgan fingerprint density at radius 1 is 1.18 bits per heavy atom. The lowest BCUT2D eigenvalue weighted by Gasteiger charge is -2.31. The summed E-state index contributed by atoms with van der Waals surface area (Å²) >= 11 is 0. The van der Waals surface area contributed by atoms with Gasteiger partial charge in [0, 0.05) is 31.9 Å². The zero-order valence-electron chi connectivity index (χ0n) is 11.6. The molecule has 0 fully saturated rings. The summed E-state index contributed by atoms with van der Waals surface area (Å²) in [5.41, 5.74) is 2.65. The van der Waals surface area contributed by atoms with Crippen LogP contribution in [0.5, 0.6) is 0 Å². The summed E-state index contributed by atoms with van der Waals surface area (Å²) in [7, 11) is -2.51. The smallest absolute Gasteiger partial charge is 0.374 e. The summed E-state index contributed by atoms with van der Waals surface area (Å²) in [6, 6.07) is 0.809. The first-order valence-corrected chi connectivity index (χ1v) is 8.46. The minimum absolute atomic E-state index is 0.172. The van der Waals surface area contributed by atoms with E-state index in [1.165, 1.54) is 0 Å². The summed E-state index contributed by atoms with van der Waals surface area (Å²) < 4.78 is 17.7. The highest BCUT2D eigenvalue weighted by atomic mass is 28.4. The standard InChI is InChI=1S/C11H28N2O3Si/c1-5-11(4)16-17(14-6-2,15-7-3)10-8-9-13-12/h11,13H,5-10,12H2,1-4H3. The maximum atomic E-state index is 6.04. The summed E-state index contributed by atoms with van der Waals surface area (Å²) in [4.78, 5) is 0. The van der Waals surface area contributed by atoms with Crippen LogP contribution in [0.1, 0.15) is 40.5 Å². The van der Waals surface area contributed by atoms with Crippen molar-refractivity contribution in [3.8, 4) is 0 Å². The fraction of sp³-hybridized carbons (Fsp3) is 1.00. The summed E-state index contributed by atoms with van der Waals surface area (Å²) in [5.74, 6) is 5.28. The monoisotopic (exact) mass is 264 g/mol. The van der Waals surface area contributed by atoms with Gasteiger partial charge in [0.05, 0.1) is 0 Å². The Balaban J connectivity index is 4.46. The number of hydrogen-bond acceptors (Lipinski definition) is 5. The first kappa shape index (κ1) is 17.0. The Morgan fingerprint density at radius 3 is 2.18 bits per heavy atom. The average Bonchev–Trinajstić information content (AvgIpc) is 2.30. The molecule has 0 saturated heterocycles. The van der Waals surface area contributed by atoms with E-state index in [-0.39, 0.29) is 6.10 Å². The largest absolute Gasteiger partial charge is 0.501 e. The van der Waals surface area contributed by atoms with E-state index in [2.05, 4.69) is 19.3 Å². The van der Waals surface area contributed by atoms with E-state index >= 15 is 0 Å². The normalized spacial score (nSPS) is 13.9. The Hall–Kier alpha value is 0.0169. The maximum Gasteiger partial charge on any atom is 0.501 e. The molecule has 0 radical (unpaired) electrons. The van der Waals surface area contributed by atoms with Crippen LogP contribution in [0.2, 0.25) is 6.04 Å².